The number of halogens is 6. The van der Waals surface area contributed by atoms with E-state index in [2.05, 4.69) is 41.1 Å². The van der Waals surface area contributed by atoms with Gasteiger partial charge in [-0.25, -0.2) is 4.40 Å². The Hall–Kier alpha value is -0.340. The third kappa shape index (κ3) is 6.38. The maximum atomic E-state index is 14.2. The molecule has 0 saturated heterocycles. The van der Waals surface area contributed by atoms with Crippen molar-refractivity contribution in [1.29, 1.82) is 0 Å². The maximum Gasteiger partial charge on any atom is 0.409 e. The number of alkyl halides is 3. The first kappa shape index (κ1) is 26.9. The summed E-state index contributed by atoms with van der Waals surface area (Å²) in [5.41, 5.74) is 1.04. The van der Waals surface area contributed by atoms with E-state index in [1.54, 1.807) is 11.8 Å². The Morgan fingerprint density at radius 2 is 1.61 bits per heavy atom. The van der Waals surface area contributed by atoms with Crippen LogP contribution in [0.15, 0.2) is 50.2 Å². The molecule has 31 heavy (non-hydrogen) atoms. The summed E-state index contributed by atoms with van der Waals surface area (Å²) in [6.45, 7) is 10.3. The first-order valence-corrected chi connectivity index (χ1v) is 12.7. The Kier molecular flexibility index (Phi) is 8.93. The molecule has 0 aliphatic carbocycles. The highest BCUT2D eigenvalue weighted by Crippen LogP contribution is 2.57. The summed E-state index contributed by atoms with van der Waals surface area (Å²) in [4.78, 5) is 1.02. The normalized spacial score (nSPS) is 19.0. The zero-order valence-corrected chi connectivity index (χ0v) is 22.4. The van der Waals surface area contributed by atoms with Gasteiger partial charge >= 0.3 is 6.18 Å². The standard InChI is InChI=1S/C20H17BrCl2F3NS2.C2H6/c1-18(2,3)28-17-5-4-11(6-15(17)21)16-10-19(29-27-16,20(24,25)26)12-7-13(22)9-14(23)8-12;1-2/h4-9H,10H2,1-3H3;1-2H3. The molecular weight excluding hydrogens is 550 g/mol. The molecule has 1 aliphatic heterocycles. The van der Waals surface area contributed by atoms with E-state index in [1.807, 2.05) is 32.0 Å². The number of thioether (sulfide) groups is 1. The van der Waals surface area contributed by atoms with Crippen LogP contribution in [-0.2, 0) is 4.75 Å². The van der Waals surface area contributed by atoms with Crippen LogP contribution in [0.25, 0.3) is 0 Å². The van der Waals surface area contributed by atoms with Gasteiger partial charge in [-0.1, -0.05) is 63.9 Å². The van der Waals surface area contributed by atoms with E-state index in [-0.39, 0.29) is 26.8 Å². The molecule has 3 rings (SSSR count). The van der Waals surface area contributed by atoms with Gasteiger partial charge in [0.1, 0.15) is 0 Å². The first-order valence-electron chi connectivity index (χ1n) is 9.58. The van der Waals surface area contributed by atoms with Crippen LogP contribution < -0.4 is 0 Å². The molecule has 0 aromatic heterocycles. The van der Waals surface area contributed by atoms with Crippen molar-refractivity contribution in [3.8, 4) is 0 Å². The molecule has 0 saturated carbocycles. The van der Waals surface area contributed by atoms with Gasteiger partial charge in [0, 0.05) is 30.6 Å². The average molecular weight is 573 g/mol. The van der Waals surface area contributed by atoms with Gasteiger partial charge in [-0.2, -0.15) is 13.2 Å². The number of nitrogens with zero attached hydrogens (tertiary/aromatic N) is 1. The van der Waals surface area contributed by atoms with E-state index >= 15 is 0 Å². The van der Waals surface area contributed by atoms with Gasteiger partial charge in [0.25, 0.3) is 0 Å². The van der Waals surface area contributed by atoms with Crippen molar-refractivity contribution in [1.82, 2.24) is 0 Å². The fourth-order valence-corrected chi connectivity index (χ4v) is 6.00. The molecule has 0 radical (unpaired) electrons. The van der Waals surface area contributed by atoms with Crippen LogP contribution in [-0.4, -0.2) is 16.6 Å². The zero-order valence-electron chi connectivity index (χ0n) is 17.7. The summed E-state index contributed by atoms with van der Waals surface area (Å²) in [5.74, 6) is 0. The molecule has 1 aliphatic rings. The Labute approximate surface area is 208 Å². The molecule has 2 aromatic carbocycles. The fourth-order valence-electron chi connectivity index (χ4n) is 2.94. The van der Waals surface area contributed by atoms with Crippen molar-refractivity contribution in [2.45, 2.75) is 61.6 Å². The van der Waals surface area contributed by atoms with Crippen LogP contribution in [0, 0.1) is 0 Å². The SMILES string of the molecule is CC.CC(C)(C)Sc1ccc(C2=NSC(c3cc(Cl)cc(Cl)c3)(C(F)(F)F)C2)cc1Br. The minimum atomic E-state index is -4.53. The van der Waals surface area contributed by atoms with Gasteiger partial charge in [-0.3, -0.25) is 0 Å². The lowest BCUT2D eigenvalue weighted by Gasteiger charge is -2.30. The highest BCUT2D eigenvalue weighted by atomic mass is 79.9. The lowest BCUT2D eigenvalue weighted by atomic mass is 9.89. The van der Waals surface area contributed by atoms with Gasteiger partial charge in [0.15, 0.2) is 4.75 Å². The van der Waals surface area contributed by atoms with E-state index in [9.17, 15) is 13.2 Å². The van der Waals surface area contributed by atoms with Crippen molar-refractivity contribution >= 4 is 68.6 Å². The van der Waals surface area contributed by atoms with Crippen LogP contribution in [0.1, 0.15) is 52.2 Å². The van der Waals surface area contributed by atoms with Crippen molar-refractivity contribution in [3.05, 3.63) is 62.0 Å². The van der Waals surface area contributed by atoms with Crippen LogP contribution in [0.3, 0.4) is 0 Å². The predicted octanol–water partition coefficient (Wildman–Crippen LogP) is 9.97. The molecule has 9 heteroatoms. The Morgan fingerprint density at radius 3 is 2.10 bits per heavy atom. The lowest BCUT2D eigenvalue weighted by Crippen LogP contribution is -2.38. The van der Waals surface area contributed by atoms with Crippen molar-refractivity contribution in [2.75, 3.05) is 0 Å². The summed E-state index contributed by atoms with van der Waals surface area (Å²) in [6.07, 6.45) is -4.83. The van der Waals surface area contributed by atoms with Crippen LogP contribution in [0.2, 0.25) is 10.0 Å². The highest BCUT2D eigenvalue weighted by molar-refractivity contribution is 9.10. The molecule has 1 nitrogen and oxygen atoms in total. The molecule has 0 amide bonds. The number of hydrogen-bond donors (Lipinski definition) is 0. The predicted molar refractivity (Wildman–Crippen MR) is 134 cm³/mol. The Morgan fingerprint density at radius 1 is 1.03 bits per heavy atom. The summed E-state index contributed by atoms with van der Waals surface area (Å²) in [7, 11) is 0. The number of rotatable bonds is 3. The zero-order chi connectivity index (χ0) is 23.6. The molecule has 1 atom stereocenters. The second-order valence-electron chi connectivity index (χ2n) is 7.65. The highest BCUT2D eigenvalue weighted by Gasteiger charge is 2.60. The van der Waals surface area contributed by atoms with Crippen molar-refractivity contribution in [2.24, 2.45) is 4.40 Å². The van der Waals surface area contributed by atoms with Gasteiger partial charge < -0.3 is 0 Å². The van der Waals surface area contributed by atoms with Crippen molar-refractivity contribution in [3.63, 3.8) is 0 Å². The molecule has 1 heterocycles. The number of benzene rings is 2. The third-order valence-electron chi connectivity index (χ3n) is 4.20. The van der Waals surface area contributed by atoms with Crippen LogP contribution >= 0.6 is 62.8 Å². The lowest BCUT2D eigenvalue weighted by molar-refractivity contribution is -0.159. The van der Waals surface area contributed by atoms with E-state index in [0.29, 0.717) is 23.2 Å². The van der Waals surface area contributed by atoms with Crippen LogP contribution in [0.5, 0.6) is 0 Å². The second-order valence-corrected chi connectivity index (χ2v) is 12.3. The van der Waals surface area contributed by atoms with Gasteiger partial charge in [0.2, 0.25) is 0 Å². The maximum absolute atomic E-state index is 14.2. The van der Waals surface area contributed by atoms with E-state index in [0.717, 1.165) is 9.37 Å². The molecule has 0 bridgehead atoms. The van der Waals surface area contributed by atoms with Gasteiger partial charge in [-0.15, -0.1) is 11.8 Å². The second kappa shape index (κ2) is 10.3. The quantitative estimate of drug-likeness (QED) is 0.268. The minimum absolute atomic E-state index is 0.00484. The third-order valence-corrected chi connectivity index (χ3v) is 7.97. The summed E-state index contributed by atoms with van der Waals surface area (Å²) < 4.78 is 45.4. The van der Waals surface area contributed by atoms with E-state index in [4.69, 9.17) is 23.2 Å². The van der Waals surface area contributed by atoms with E-state index < -0.39 is 10.9 Å². The summed E-state index contributed by atoms with van der Waals surface area (Å²) >= 11 is 17.7. The molecular formula is C22H23BrCl2F3NS2. The largest absolute Gasteiger partial charge is 0.409 e. The molecule has 0 fully saturated rings. The minimum Gasteiger partial charge on any atom is -0.219 e. The van der Waals surface area contributed by atoms with Crippen molar-refractivity contribution < 1.29 is 13.2 Å². The van der Waals surface area contributed by atoms with Gasteiger partial charge in [-0.05, 0) is 69.3 Å². The summed E-state index contributed by atoms with van der Waals surface area (Å²) in [5, 5.41) is 0.327. The smallest absolute Gasteiger partial charge is 0.219 e. The molecule has 2 aromatic rings. The fraction of sp³-hybridized carbons (Fsp3) is 0.409. The van der Waals surface area contributed by atoms with E-state index in [1.165, 1.54) is 18.2 Å². The first-order chi connectivity index (χ1) is 14.3. The van der Waals surface area contributed by atoms with Crippen LogP contribution in [0.4, 0.5) is 13.2 Å². The topological polar surface area (TPSA) is 12.4 Å². The Bertz CT molecular complexity index is 954. The Balaban J connectivity index is 0.00000166. The monoisotopic (exact) mass is 571 g/mol. The molecule has 1 unspecified atom stereocenters. The molecule has 170 valence electrons. The summed E-state index contributed by atoms with van der Waals surface area (Å²) in [6, 6.07) is 9.59. The molecule has 0 N–H and O–H groups in total. The number of hydrogen-bond acceptors (Lipinski definition) is 3. The van der Waals surface area contributed by atoms with Gasteiger partial charge in [0.05, 0.1) is 5.71 Å². The average Bonchev–Trinajstić information content (AvgIpc) is 3.10. The molecule has 0 spiro atoms.